The molecule has 14 heavy (non-hydrogen) atoms. The average molecular weight is 210 g/mol. The second-order valence-corrected chi connectivity index (χ2v) is 3.63. The highest BCUT2D eigenvalue weighted by Crippen LogP contribution is 2.03. The molecule has 0 bridgehead atoms. The molecule has 1 rings (SSSR count). The molecule has 1 aromatic carbocycles. The molecule has 0 heterocycles. The number of nitrogens with zero attached hydrogens (tertiary/aromatic N) is 1. The summed E-state index contributed by atoms with van der Waals surface area (Å²) in [6, 6.07) is 10.5. The van der Waals surface area contributed by atoms with Crippen LogP contribution in [0.2, 0.25) is 0 Å². The van der Waals surface area contributed by atoms with Gasteiger partial charge in [-0.05, 0) is 19.0 Å². The minimum Gasteiger partial charge on any atom is -0.302 e. The van der Waals surface area contributed by atoms with Crippen LogP contribution in [0.1, 0.15) is 12.0 Å². The molecule has 1 nitrogen and oxygen atoms in total. The third kappa shape index (κ3) is 4.45. The maximum absolute atomic E-state index is 5.45. The van der Waals surface area contributed by atoms with Crippen LogP contribution in [-0.4, -0.2) is 18.5 Å². The van der Waals surface area contributed by atoms with Crippen molar-refractivity contribution in [2.45, 2.75) is 13.0 Å². The maximum atomic E-state index is 5.45. The molecule has 0 atom stereocenters. The molecular weight excluding hydrogens is 194 g/mol. The number of hydrogen-bond acceptors (Lipinski definition) is 1. The van der Waals surface area contributed by atoms with E-state index in [-0.39, 0.29) is 0 Å². The van der Waals surface area contributed by atoms with Gasteiger partial charge in [-0.1, -0.05) is 48.0 Å². The Hall–Kier alpha value is -0.790. The first-order chi connectivity index (χ1) is 6.83. The highest BCUT2D eigenvalue weighted by atomic mass is 35.5. The van der Waals surface area contributed by atoms with Gasteiger partial charge in [-0.15, -0.1) is 0 Å². The molecule has 0 fully saturated rings. The minimum absolute atomic E-state index is 0.997. The van der Waals surface area contributed by atoms with E-state index in [1.807, 2.05) is 12.1 Å². The first kappa shape index (κ1) is 11.3. The van der Waals surface area contributed by atoms with Crippen LogP contribution in [0.5, 0.6) is 0 Å². The van der Waals surface area contributed by atoms with Crippen LogP contribution < -0.4 is 0 Å². The van der Waals surface area contributed by atoms with Crippen LogP contribution in [0.4, 0.5) is 0 Å². The van der Waals surface area contributed by atoms with Gasteiger partial charge in [-0.3, -0.25) is 0 Å². The fourth-order valence-corrected chi connectivity index (χ4v) is 1.46. The van der Waals surface area contributed by atoms with Gasteiger partial charge in [0.25, 0.3) is 0 Å². The molecule has 0 aliphatic heterocycles. The predicted molar refractivity (Wildman–Crippen MR) is 62.4 cm³/mol. The lowest BCUT2D eigenvalue weighted by atomic mass is 10.2. The second kappa shape index (κ2) is 6.63. The molecule has 0 N–H and O–H groups in total. The van der Waals surface area contributed by atoms with E-state index < -0.39 is 0 Å². The molecule has 0 radical (unpaired) electrons. The summed E-state index contributed by atoms with van der Waals surface area (Å²) >= 11 is 5.45. The molecule has 0 spiro atoms. The number of halogens is 1. The zero-order valence-corrected chi connectivity index (χ0v) is 9.24. The zero-order valence-electron chi connectivity index (χ0n) is 8.49. The lowest BCUT2D eigenvalue weighted by Crippen LogP contribution is -2.18. The molecule has 0 saturated carbocycles. The van der Waals surface area contributed by atoms with E-state index in [9.17, 15) is 0 Å². The molecule has 0 aliphatic rings. The number of hydrogen-bond donors (Lipinski definition) is 0. The Morgan fingerprint density at radius 3 is 2.64 bits per heavy atom. The van der Waals surface area contributed by atoms with Crippen molar-refractivity contribution >= 4 is 11.6 Å². The molecule has 0 aliphatic carbocycles. The van der Waals surface area contributed by atoms with Crippen molar-refractivity contribution in [2.75, 3.05) is 13.6 Å². The van der Waals surface area contributed by atoms with Crippen LogP contribution in [0.25, 0.3) is 0 Å². The lowest BCUT2D eigenvalue weighted by molar-refractivity contribution is 0.333. The number of benzene rings is 1. The van der Waals surface area contributed by atoms with E-state index in [0.717, 1.165) is 19.5 Å². The van der Waals surface area contributed by atoms with Gasteiger partial charge in [-0.25, -0.2) is 0 Å². The van der Waals surface area contributed by atoms with Gasteiger partial charge in [-0.2, -0.15) is 0 Å². The molecular formula is C12H16ClN. The van der Waals surface area contributed by atoms with Gasteiger partial charge < -0.3 is 4.90 Å². The Balaban J connectivity index is 2.30. The zero-order chi connectivity index (χ0) is 10.2. The van der Waals surface area contributed by atoms with Crippen molar-refractivity contribution in [1.82, 2.24) is 4.90 Å². The molecule has 0 aromatic heterocycles. The molecule has 2 heteroatoms. The van der Waals surface area contributed by atoms with Gasteiger partial charge in [0.05, 0.1) is 0 Å². The summed E-state index contributed by atoms with van der Waals surface area (Å²) in [6.45, 7) is 2.04. The van der Waals surface area contributed by atoms with Gasteiger partial charge in [0.1, 0.15) is 0 Å². The summed E-state index contributed by atoms with van der Waals surface area (Å²) in [5, 5.41) is 0. The van der Waals surface area contributed by atoms with E-state index in [0.29, 0.717) is 0 Å². The SMILES string of the molecule is CN(CC/C=C/Cl)Cc1ccccc1. The summed E-state index contributed by atoms with van der Waals surface area (Å²) in [4.78, 5) is 2.28. The Kier molecular flexibility index (Phi) is 5.35. The quantitative estimate of drug-likeness (QED) is 0.720. The molecule has 1 aromatic rings. The topological polar surface area (TPSA) is 3.24 Å². The van der Waals surface area contributed by atoms with E-state index in [1.54, 1.807) is 5.54 Å². The summed E-state index contributed by atoms with van der Waals surface area (Å²) < 4.78 is 0. The fourth-order valence-electron chi connectivity index (χ4n) is 1.33. The van der Waals surface area contributed by atoms with Crippen molar-refractivity contribution in [2.24, 2.45) is 0 Å². The predicted octanol–water partition coefficient (Wildman–Crippen LogP) is 3.26. The largest absolute Gasteiger partial charge is 0.302 e. The number of rotatable bonds is 5. The van der Waals surface area contributed by atoms with Crippen molar-refractivity contribution in [3.63, 3.8) is 0 Å². The summed E-state index contributed by atoms with van der Waals surface area (Å²) in [7, 11) is 2.12. The van der Waals surface area contributed by atoms with Gasteiger partial charge in [0.15, 0.2) is 0 Å². The Labute approximate surface area is 91.0 Å². The first-order valence-corrected chi connectivity index (χ1v) is 5.24. The second-order valence-electron chi connectivity index (χ2n) is 3.37. The Morgan fingerprint density at radius 1 is 1.29 bits per heavy atom. The first-order valence-electron chi connectivity index (χ1n) is 4.80. The Bertz CT molecular complexity index is 269. The highest BCUT2D eigenvalue weighted by Gasteiger charge is 1.97. The van der Waals surface area contributed by atoms with Crippen molar-refractivity contribution in [1.29, 1.82) is 0 Å². The van der Waals surface area contributed by atoms with E-state index in [2.05, 4.69) is 36.2 Å². The maximum Gasteiger partial charge on any atom is 0.0230 e. The summed E-state index contributed by atoms with van der Waals surface area (Å²) in [5.41, 5.74) is 2.93. The fraction of sp³-hybridized carbons (Fsp3) is 0.333. The van der Waals surface area contributed by atoms with Crippen LogP contribution in [0.3, 0.4) is 0 Å². The minimum atomic E-state index is 0.997. The summed E-state index contributed by atoms with van der Waals surface area (Å²) in [6.07, 6.45) is 2.98. The highest BCUT2D eigenvalue weighted by molar-refractivity contribution is 6.25. The van der Waals surface area contributed by atoms with Crippen molar-refractivity contribution in [3.05, 3.63) is 47.5 Å². The van der Waals surface area contributed by atoms with Crippen molar-refractivity contribution < 1.29 is 0 Å². The molecule has 76 valence electrons. The van der Waals surface area contributed by atoms with Crippen LogP contribution in [0, 0.1) is 0 Å². The van der Waals surface area contributed by atoms with E-state index >= 15 is 0 Å². The standard InChI is InChI=1S/C12H16ClN/c1-14(10-6-5-9-13)11-12-7-3-2-4-8-12/h2-5,7-9H,6,10-11H2,1H3/b9-5+. The molecule has 0 unspecified atom stereocenters. The third-order valence-electron chi connectivity index (χ3n) is 2.06. The van der Waals surface area contributed by atoms with Crippen LogP contribution in [0.15, 0.2) is 41.9 Å². The van der Waals surface area contributed by atoms with Crippen LogP contribution >= 0.6 is 11.6 Å². The smallest absolute Gasteiger partial charge is 0.0230 e. The molecule has 0 amide bonds. The van der Waals surface area contributed by atoms with Crippen molar-refractivity contribution in [3.8, 4) is 0 Å². The lowest BCUT2D eigenvalue weighted by Gasteiger charge is -2.15. The molecule has 0 saturated heterocycles. The average Bonchev–Trinajstić information content (AvgIpc) is 2.20. The van der Waals surface area contributed by atoms with E-state index in [1.165, 1.54) is 5.56 Å². The summed E-state index contributed by atoms with van der Waals surface area (Å²) in [5.74, 6) is 0. The monoisotopic (exact) mass is 209 g/mol. The van der Waals surface area contributed by atoms with Gasteiger partial charge in [0.2, 0.25) is 0 Å². The van der Waals surface area contributed by atoms with Gasteiger partial charge >= 0.3 is 0 Å². The van der Waals surface area contributed by atoms with Gasteiger partial charge in [0, 0.05) is 18.6 Å². The normalized spacial score (nSPS) is 11.4. The Morgan fingerprint density at radius 2 is 2.00 bits per heavy atom. The van der Waals surface area contributed by atoms with Crippen LogP contribution in [-0.2, 0) is 6.54 Å². The van der Waals surface area contributed by atoms with E-state index in [4.69, 9.17) is 11.6 Å². The third-order valence-corrected chi connectivity index (χ3v) is 2.24.